The van der Waals surface area contributed by atoms with Gasteiger partial charge in [0.2, 0.25) is 5.82 Å². The lowest BCUT2D eigenvalue weighted by Gasteiger charge is -2.15. The molecule has 0 spiro atoms. The van der Waals surface area contributed by atoms with E-state index in [1.807, 2.05) is 18.2 Å². The number of thiazole rings is 1. The van der Waals surface area contributed by atoms with Gasteiger partial charge < -0.3 is 15.8 Å². The summed E-state index contributed by atoms with van der Waals surface area (Å²) in [7, 11) is 3.29. The molecule has 0 atom stereocenters. The maximum Gasteiger partial charge on any atom is 0.208 e. The van der Waals surface area contributed by atoms with Crippen LogP contribution in [-0.4, -0.2) is 37.3 Å². The van der Waals surface area contributed by atoms with Gasteiger partial charge in [0.25, 0.3) is 0 Å². The van der Waals surface area contributed by atoms with Crippen LogP contribution in [0.15, 0.2) is 36.7 Å². The van der Waals surface area contributed by atoms with Crippen LogP contribution in [0.3, 0.4) is 0 Å². The molecule has 0 aliphatic carbocycles. The molecule has 3 aromatic heterocycles. The lowest BCUT2D eigenvalue weighted by Crippen LogP contribution is -2.01. The number of methoxy groups -OCH3 is 1. The Kier molecular flexibility index (Phi) is 4.80. The highest BCUT2D eigenvalue weighted by Gasteiger charge is 2.17. The highest BCUT2D eigenvalue weighted by Crippen LogP contribution is 2.39. The number of ether oxygens (including phenoxy) is 1. The van der Waals surface area contributed by atoms with Crippen molar-refractivity contribution in [1.82, 2.24) is 30.2 Å². The van der Waals surface area contributed by atoms with Crippen LogP contribution in [0.1, 0.15) is 0 Å². The quantitative estimate of drug-likeness (QED) is 0.510. The van der Waals surface area contributed by atoms with Crippen molar-refractivity contribution in [1.29, 1.82) is 0 Å². The number of nitrogens with zero attached hydrogens (tertiary/aromatic N) is 6. The van der Waals surface area contributed by atoms with Gasteiger partial charge in [0.15, 0.2) is 5.75 Å². The van der Waals surface area contributed by atoms with E-state index in [2.05, 4.69) is 30.7 Å². The topological polar surface area (TPSA) is 117 Å². The van der Waals surface area contributed by atoms with Crippen molar-refractivity contribution in [3.05, 3.63) is 41.0 Å². The van der Waals surface area contributed by atoms with Crippen LogP contribution in [0.25, 0.3) is 22.0 Å². The Labute approximate surface area is 169 Å². The third kappa shape index (κ3) is 3.47. The third-order valence-electron chi connectivity index (χ3n) is 3.87. The maximum atomic E-state index is 6.04. The van der Waals surface area contributed by atoms with Crippen molar-refractivity contribution < 1.29 is 4.74 Å². The summed E-state index contributed by atoms with van der Waals surface area (Å²) in [6, 6.07) is 7.36. The van der Waals surface area contributed by atoms with Crippen LogP contribution in [-0.2, 0) is 7.05 Å². The average Bonchev–Trinajstić information content (AvgIpc) is 3.30. The van der Waals surface area contributed by atoms with E-state index in [9.17, 15) is 0 Å². The summed E-state index contributed by atoms with van der Waals surface area (Å²) in [5, 5.41) is 16.3. The summed E-state index contributed by atoms with van der Waals surface area (Å²) < 4.78 is 6.22. The molecule has 0 bridgehead atoms. The zero-order chi connectivity index (χ0) is 19.7. The average molecular weight is 415 g/mol. The third-order valence-corrected chi connectivity index (χ3v) is 5.02. The van der Waals surface area contributed by atoms with E-state index in [1.165, 1.54) is 16.1 Å². The van der Waals surface area contributed by atoms with Gasteiger partial charge in [-0.25, -0.2) is 9.97 Å². The number of para-hydroxylation sites is 1. The SMILES string of the molecule is COc1c(Nc2cc(N)ncc2-c2ncc(Cl)s2)cccc1-c1nnn(C)n1. The standard InChI is InChI=1S/C17H15ClN8OS/c1-26-24-16(23-25-26)9-4-3-5-11(15(9)27-2)22-12-6-14(19)20-7-10(12)17-21-8-13(18)28-17/h3-8H,1-2H3,(H3,19,20,22). The van der Waals surface area contributed by atoms with Gasteiger partial charge in [-0.15, -0.1) is 21.5 Å². The zero-order valence-electron chi connectivity index (χ0n) is 14.9. The molecule has 0 fully saturated rings. The molecule has 142 valence electrons. The molecular weight excluding hydrogens is 400 g/mol. The van der Waals surface area contributed by atoms with Crippen LogP contribution >= 0.6 is 22.9 Å². The van der Waals surface area contributed by atoms with E-state index < -0.39 is 0 Å². The molecule has 4 aromatic rings. The van der Waals surface area contributed by atoms with E-state index in [4.69, 9.17) is 22.1 Å². The molecular formula is C17H15ClN8OS. The summed E-state index contributed by atoms with van der Waals surface area (Å²) >= 11 is 7.40. The number of pyridine rings is 1. The fourth-order valence-electron chi connectivity index (χ4n) is 2.69. The molecule has 0 saturated carbocycles. The number of anilines is 3. The van der Waals surface area contributed by atoms with Gasteiger partial charge in [-0.05, 0) is 17.3 Å². The first-order valence-corrected chi connectivity index (χ1v) is 9.30. The van der Waals surface area contributed by atoms with Crippen LogP contribution in [0, 0.1) is 0 Å². The summed E-state index contributed by atoms with van der Waals surface area (Å²) in [5.74, 6) is 1.41. The molecule has 11 heteroatoms. The van der Waals surface area contributed by atoms with Crippen LogP contribution in [0.4, 0.5) is 17.2 Å². The predicted octanol–water partition coefficient (Wildman–Crippen LogP) is 3.38. The van der Waals surface area contributed by atoms with Gasteiger partial charge in [-0.3, -0.25) is 0 Å². The molecule has 0 saturated heterocycles. The molecule has 4 rings (SSSR count). The Balaban J connectivity index is 1.79. The fourth-order valence-corrected chi connectivity index (χ4v) is 3.63. The van der Waals surface area contributed by atoms with Crippen molar-refractivity contribution in [3.8, 4) is 27.7 Å². The number of aromatic nitrogens is 6. The Morgan fingerprint density at radius 3 is 2.71 bits per heavy atom. The first-order chi connectivity index (χ1) is 13.5. The van der Waals surface area contributed by atoms with Crippen LogP contribution < -0.4 is 15.8 Å². The molecule has 0 radical (unpaired) electrons. The summed E-state index contributed by atoms with van der Waals surface area (Å²) in [5.41, 5.74) is 8.82. The summed E-state index contributed by atoms with van der Waals surface area (Å²) in [6.45, 7) is 0. The number of nitrogens with one attached hydrogen (secondary N) is 1. The highest BCUT2D eigenvalue weighted by molar-refractivity contribution is 7.18. The molecule has 9 nitrogen and oxygen atoms in total. The molecule has 0 unspecified atom stereocenters. The Morgan fingerprint density at radius 2 is 2.04 bits per heavy atom. The number of hydrogen-bond donors (Lipinski definition) is 2. The second kappa shape index (κ2) is 7.41. The minimum atomic E-state index is 0.375. The fraction of sp³-hybridized carbons (Fsp3) is 0.118. The number of aryl methyl sites for hydroxylation is 1. The number of hydrogen-bond acceptors (Lipinski definition) is 9. The molecule has 28 heavy (non-hydrogen) atoms. The van der Waals surface area contributed by atoms with Crippen molar-refractivity contribution in [2.24, 2.45) is 7.05 Å². The molecule has 1 aromatic carbocycles. The Bertz CT molecular complexity index is 1140. The molecule has 3 N–H and O–H groups in total. The van der Waals surface area contributed by atoms with Gasteiger partial charge in [-0.2, -0.15) is 4.80 Å². The normalized spacial score (nSPS) is 10.8. The first kappa shape index (κ1) is 18.1. The number of nitrogens with two attached hydrogens (primary N) is 1. The largest absolute Gasteiger partial charge is 0.494 e. The lowest BCUT2D eigenvalue weighted by atomic mass is 10.1. The van der Waals surface area contributed by atoms with E-state index in [0.29, 0.717) is 33.0 Å². The van der Waals surface area contributed by atoms with E-state index in [0.717, 1.165) is 16.3 Å². The minimum Gasteiger partial charge on any atom is -0.494 e. The summed E-state index contributed by atoms with van der Waals surface area (Å²) in [4.78, 5) is 9.90. The van der Waals surface area contributed by atoms with E-state index in [1.54, 1.807) is 32.6 Å². The van der Waals surface area contributed by atoms with Gasteiger partial charge in [0, 0.05) is 12.3 Å². The zero-order valence-corrected chi connectivity index (χ0v) is 16.5. The van der Waals surface area contributed by atoms with Gasteiger partial charge in [-0.1, -0.05) is 17.7 Å². The molecule has 0 aliphatic heterocycles. The Morgan fingerprint density at radius 1 is 1.18 bits per heavy atom. The number of tetrazole rings is 1. The molecule has 0 aliphatic rings. The van der Waals surface area contributed by atoms with Crippen LogP contribution in [0.2, 0.25) is 4.34 Å². The number of halogens is 1. The van der Waals surface area contributed by atoms with Crippen molar-refractivity contribution >= 4 is 40.1 Å². The van der Waals surface area contributed by atoms with Gasteiger partial charge >= 0.3 is 0 Å². The van der Waals surface area contributed by atoms with Crippen LogP contribution in [0.5, 0.6) is 5.75 Å². The minimum absolute atomic E-state index is 0.375. The lowest BCUT2D eigenvalue weighted by molar-refractivity contribution is 0.418. The van der Waals surface area contributed by atoms with Crippen molar-refractivity contribution in [3.63, 3.8) is 0 Å². The number of nitrogen functional groups attached to an aromatic ring is 1. The van der Waals surface area contributed by atoms with Gasteiger partial charge in [0.05, 0.1) is 42.9 Å². The van der Waals surface area contributed by atoms with Crippen molar-refractivity contribution in [2.45, 2.75) is 0 Å². The van der Waals surface area contributed by atoms with E-state index >= 15 is 0 Å². The smallest absolute Gasteiger partial charge is 0.208 e. The maximum absolute atomic E-state index is 6.04. The molecule has 3 heterocycles. The predicted molar refractivity (Wildman–Crippen MR) is 109 cm³/mol. The molecule has 0 amide bonds. The van der Waals surface area contributed by atoms with Crippen molar-refractivity contribution in [2.75, 3.05) is 18.2 Å². The number of benzene rings is 1. The Hall–Kier alpha value is -3.24. The highest BCUT2D eigenvalue weighted by atomic mass is 35.5. The monoisotopic (exact) mass is 414 g/mol. The second-order valence-corrected chi connectivity index (χ2v) is 7.40. The first-order valence-electron chi connectivity index (χ1n) is 8.11. The number of rotatable bonds is 5. The second-order valence-electron chi connectivity index (χ2n) is 5.74. The summed E-state index contributed by atoms with van der Waals surface area (Å²) in [6.07, 6.45) is 3.26. The van der Waals surface area contributed by atoms with Gasteiger partial charge in [0.1, 0.15) is 15.2 Å². The van der Waals surface area contributed by atoms with E-state index in [-0.39, 0.29) is 0 Å².